The first-order chi connectivity index (χ1) is 9.82. The molecule has 0 radical (unpaired) electrons. The molecule has 0 aliphatic rings. The molecule has 0 fully saturated rings. The number of hydrogen-bond acceptors (Lipinski definition) is 5. The summed E-state index contributed by atoms with van der Waals surface area (Å²) >= 11 is 2.30. The molecule has 0 atom stereocenters. The predicted octanol–water partition coefficient (Wildman–Crippen LogP) is 3.58. The highest BCUT2D eigenvalue weighted by Gasteiger charge is 2.24. The normalized spacial score (nSPS) is 11.5. The van der Waals surface area contributed by atoms with Crippen molar-refractivity contribution in [3.8, 4) is 11.6 Å². The van der Waals surface area contributed by atoms with Crippen molar-refractivity contribution in [3.05, 3.63) is 27.2 Å². The molecule has 2 rings (SSSR count). The van der Waals surface area contributed by atoms with E-state index < -0.39 is 0 Å². The summed E-state index contributed by atoms with van der Waals surface area (Å²) in [4.78, 5) is 18.0. The predicted molar refractivity (Wildman–Crippen MR) is 93.4 cm³/mol. The molecule has 2 aromatic heterocycles. The van der Waals surface area contributed by atoms with Crippen molar-refractivity contribution in [1.29, 1.82) is 0 Å². The average molecular weight is 397 g/mol. The number of aromatic nitrogens is 4. The fourth-order valence-corrected chi connectivity index (χ4v) is 3.08. The molecule has 2 heterocycles. The minimum absolute atomic E-state index is 0.0664. The van der Waals surface area contributed by atoms with Gasteiger partial charge in [0.15, 0.2) is 11.6 Å². The third kappa shape index (κ3) is 3.66. The molecule has 0 spiro atoms. The SMILES string of the molecule is CCNc1nc(-c2ncc(C)cn2)nc(C(C)(C)C)c1I. The molecule has 6 heteroatoms. The molecule has 2 aromatic rings. The van der Waals surface area contributed by atoms with Crippen molar-refractivity contribution >= 4 is 28.4 Å². The van der Waals surface area contributed by atoms with Gasteiger partial charge in [-0.3, -0.25) is 0 Å². The number of rotatable bonds is 3. The largest absolute Gasteiger partial charge is 0.369 e. The van der Waals surface area contributed by atoms with Crippen LogP contribution in [0.5, 0.6) is 0 Å². The highest BCUT2D eigenvalue weighted by Crippen LogP contribution is 2.30. The molecule has 0 saturated heterocycles. The number of aryl methyl sites for hydroxylation is 1. The number of nitrogens with one attached hydrogen (secondary N) is 1. The molecule has 0 saturated carbocycles. The summed E-state index contributed by atoms with van der Waals surface area (Å²) < 4.78 is 1.05. The van der Waals surface area contributed by atoms with E-state index in [0.29, 0.717) is 11.6 Å². The summed E-state index contributed by atoms with van der Waals surface area (Å²) in [6, 6.07) is 0. The summed E-state index contributed by atoms with van der Waals surface area (Å²) in [5.41, 5.74) is 1.96. The van der Waals surface area contributed by atoms with Gasteiger partial charge in [-0.15, -0.1) is 0 Å². The summed E-state index contributed by atoms with van der Waals surface area (Å²) in [5, 5.41) is 3.30. The van der Waals surface area contributed by atoms with E-state index >= 15 is 0 Å². The first-order valence-corrected chi connectivity index (χ1v) is 8.01. The second kappa shape index (κ2) is 6.21. The fraction of sp³-hybridized carbons (Fsp3) is 0.467. The minimum Gasteiger partial charge on any atom is -0.369 e. The lowest BCUT2D eigenvalue weighted by molar-refractivity contribution is 0.563. The summed E-state index contributed by atoms with van der Waals surface area (Å²) in [5.74, 6) is 1.97. The fourth-order valence-electron chi connectivity index (χ4n) is 1.84. The standard InChI is InChI=1S/C15H20IN5/c1-6-17-12-10(16)11(15(3,4)5)20-14(21-12)13-18-7-9(2)8-19-13/h7-8H,6H2,1-5H3,(H,17,20,21). The Morgan fingerprint density at radius 2 is 1.71 bits per heavy atom. The summed E-state index contributed by atoms with van der Waals surface area (Å²) in [6.45, 7) is 11.3. The zero-order chi connectivity index (χ0) is 15.6. The zero-order valence-corrected chi connectivity index (χ0v) is 15.2. The van der Waals surface area contributed by atoms with E-state index in [-0.39, 0.29) is 5.41 Å². The highest BCUT2D eigenvalue weighted by molar-refractivity contribution is 14.1. The molecular formula is C15H20IN5. The maximum atomic E-state index is 4.70. The monoisotopic (exact) mass is 397 g/mol. The van der Waals surface area contributed by atoms with Crippen LogP contribution in [-0.2, 0) is 5.41 Å². The Kier molecular flexibility index (Phi) is 4.75. The number of halogens is 1. The minimum atomic E-state index is -0.0664. The van der Waals surface area contributed by atoms with Crippen molar-refractivity contribution in [2.75, 3.05) is 11.9 Å². The van der Waals surface area contributed by atoms with E-state index in [0.717, 1.165) is 27.2 Å². The Morgan fingerprint density at radius 1 is 1.10 bits per heavy atom. The molecule has 1 N–H and O–H groups in total. The lowest BCUT2D eigenvalue weighted by Gasteiger charge is -2.21. The van der Waals surface area contributed by atoms with Crippen LogP contribution in [-0.4, -0.2) is 26.5 Å². The maximum absolute atomic E-state index is 4.70. The Balaban J connectivity index is 2.61. The molecule has 0 aliphatic carbocycles. The van der Waals surface area contributed by atoms with Crippen molar-refractivity contribution < 1.29 is 0 Å². The summed E-state index contributed by atoms with van der Waals surface area (Å²) in [7, 11) is 0. The molecule has 112 valence electrons. The highest BCUT2D eigenvalue weighted by atomic mass is 127. The van der Waals surface area contributed by atoms with Gasteiger partial charge in [-0.1, -0.05) is 20.8 Å². The van der Waals surface area contributed by atoms with Crippen LogP contribution < -0.4 is 5.32 Å². The third-order valence-electron chi connectivity index (χ3n) is 2.89. The van der Waals surface area contributed by atoms with Gasteiger partial charge in [0.25, 0.3) is 0 Å². The summed E-state index contributed by atoms with van der Waals surface area (Å²) in [6.07, 6.45) is 3.57. The first kappa shape index (κ1) is 16.1. The second-order valence-electron chi connectivity index (χ2n) is 5.92. The van der Waals surface area contributed by atoms with Crippen LogP contribution in [0, 0.1) is 10.5 Å². The van der Waals surface area contributed by atoms with Gasteiger partial charge in [0, 0.05) is 24.4 Å². The molecule has 0 unspecified atom stereocenters. The van der Waals surface area contributed by atoms with E-state index in [1.54, 1.807) is 12.4 Å². The van der Waals surface area contributed by atoms with Gasteiger partial charge in [0.2, 0.25) is 0 Å². The Bertz CT molecular complexity index is 632. The van der Waals surface area contributed by atoms with Crippen LogP contribution in [0.4, 0.5) is 5.82 Å². The average Bonchev–Trinajstić information content (AvgIpc) is 2.41. The van der Waals surface area contributed by atoms with Gasteiger partial charge in [-0.2, -0.15) is 0 Å². The van der Waals surface area contributed by atoms with Crippen molar-refractivity contribution in [1.82, 2.24) is 19.9 Å². The van der Waals surface area contributed by atoms with Crippen LogP contribution in [0.3, 0.4) is 0 Å². The lowest BCUT2D eigenvalue weighted by Crippen LogP contribution is -2.19. The van der Waals surface area contributed by atoms with E-state index in [1.165, 1.54) is 0 Å². The third-order valence-corrected chi connectivity index (χ3v) is 3.91. The number of anilines is 1. The van der Waals surface area contributed by atoms with Crippen molar-refractivity contribution in [2.45, 2.75) is 40.0 Å². The van der Waals surface area contributed by atoms with Crippen LogP contribution in [0.1, 0.15) is 39.0 Å². The van der Waals surface area contributed by atoms with Gasteiger partial charge < -0.3 is 5.32 Å². The maximum Gasteiger partial charge on any atom is 0.200 e. The number of nitrogens with zero attached hydrogens (tertiary/aromatic N) is 4. The molecule has 0 aliphatic heterocycles. The molecule has 0 bridgehead atoms. The first-order valence-electron chi connectivity index (χ1n) is 6.94. The molecule has 0 amide bonds. The van der Waals surface area contributed by atoms with Gasteiger partial charge in [-0.25, -0.2) is 19.9 Å². The van der Waals surface area contributed by atoms with E-state index in [1.807, 2.05) is 6.92 Å². The van der Waals surface area contributed by atoms with Crippen molar-refractivity contribution in [3.63, 3.8) is 0 Å². The Hall–Kier alpha value is -1.31. The van der Waals surface area contributed by atoms with Gasteiger partial charge in [0.05, 0.1) is 9.26 Å². The van der Waals surface area contributed by atoms with Gasteiger partial charge in [-0.05, 0) is 42.0 Å². The molecule has 21 heavy (non-hydrogen) atoms. The van der Waals surface area contributed by atoms with Gasteiger partial charge >= 0.3 is 0 Å². The van der Waals surface area contributed by atoms with E-state index in [4.69, 9.17) is 4.98 Å². The van der Waals surface area contributed by atoms with Crippen LogP contribution >= 0.6 is 22.6 Å². The molecule has 5 nitrogen and oxygen atoms in total. The van der Waals surface area contributed by atoms with Gasteiger partial charge in [0.1, 0.15) is 5.82 Å². The topological polar surface area (TPSA) is 63.6 Å². The van der Waals surface area contributed by atoms with Crippen molar-refractivity contribution in [2.24, 2.45) is 0 Å². The lowest BCUT2D eigenvalue weighted by atomic mass is 9.92. The zero-order valence-electron chi connectivity index (χ0n) is 13.0. The Morgan fingerprint density at radius 3 is 2.24 bits per heavy atom. The molecule has 0 aromatic carbocycles. The quantitative estimate of drug-likeness (QED) is 0.803. The second-order valence-corrected chi connectivity index (χ2v) is 7.00. The Labute approximate surface area is 139 Å². The molecular weight excluding hydrogens is 377 g/mol. The van der Waals surface area contributed by atoms with Crippen LogP contribution in [0.2, 0.25) is 0 Å². The smallest absolute Gasteiger partial charge is 0.200 e. The van der Waals surface area contributed by atoms with E-state index in [2.05, 4.69) is 70.6 Å². The van der Waals surface area contributed by atoms with Crippen LogP contribution in [0.25, 0.3) is 11.6 Å². The van der Waals surface area contributed by atoms with E-state index in [9.17, 15) is 0 Å². The number of hydrogen-bond donors (Lipinski definition) is 1. The van der Waals surface area contributed by atoms with Crippen LogP contribution in [0.15, 0.2) is 12.4 Å².